The Labute approximate surface area is 91.1 Å². The van der Waals surface area contributed by atoms with E-state index in [4.69, 9.17) is 5.26 Å². The van der Waals surface area contributed by atoms with Crippen molar-refractivity contribution in [1.82, 2.24) is 4.98 Å². The molecule has 0 aliphatic heterocycles. The van der Waals surface area contributed by atoms with E-state index < -0.39 is 5.97 Å². The molecular weight excluding hydrogens is 212 g/mol. The summed E-state index contributed by atoms with van der Waals surface area (Å²) in [6.07, 6.45) is 1.56. The van der Waals surface area contributed by atoms with E-state index in [1.165, 1.54) is 18.4 Å². The third kappa shape index (κ3) is 2.78. The van der Waals surface area contributed by atoms with Crippen molar-refractivity contribution < 1.29 is 9.53 Å². The molecule has 0 atom stereocenters. The summed E-state index contributed by atoms with van der Waals surface area (Å²) in [4.78, 5) is 15.9. The summed E-state index contributed by atoms with van der Waals surface area (Å²) >= 11 is 1.42. The molecule has 0 radical (unpaired) electrons. The third-order valence-electron chi connectivity index (χ3n) is 1.63. The minimum atomic E-state index is -0.684. The molecule has 0 fully saturated rings. The molecule has 76 valence electrons. The Bertz CT molecular complexity index is 476. The maximum absolute atomic E-state index is 11.0. The van der Waals surface area contributed by atoms with Crippen LogP contribution in [0.4, 0.5) is 0 Å². The zero-order chi connectivity index (χ0) is 11.3. The highest BCUT2D eigenvalue weighted by Crippen LogP contribution is 2.13. The second-order valence-electron chi connectivity index (χ2n) is 2.57. The van der Waals surface area contributed by atoms with Crippen LogP contribution in [0.3, 0.4) is 0 Å². The van der Waals surface area contributed by atoms with Gasteiger partial charge in [0.2, 0.25) is 0 Å². The van der Waals surface area contributed by atoms with Crippen LogP contribution in [0.5, 0.6) is 0 Å². The van der Waals surface area contributed by atoms with Crippen molar-refractivity contribution in [2.24, 2.45) is 0 Å². The van der Waals surface area contributed by atoms with Gasteiger partial charge < -0.3 is 4.74 Å². The van der Waals surface area contributed by atoms with E-state index in [1.54, 1.807) is 17.7 Å². The van der Waals surface area contributed by atoms with Gasteiger partial charge in [-0.05, 0) is 6.92 Å². The number of carbonyl (C=O) groups is 1. The van der Waals surface area contributed by atoms with E-state index in [0.717, 1.165) is 10.6 Å². The average molecular weight is 220 g/mol. The van der Waals surface area contributed by atoms with Crippen molar-refractivity contribution in [3.63, 3.8) is 0 Å². The molecule has 0 N–H and O–H groups in total. The molecule has 15 heavy (non-hydrogen) atoms. The lowest BCUT2D eigenvalue weighted by Gasteiger charge is -1.90. The Balaban J connectivity index is 3.05. The van der Waals surface area contributed by atoms with Crippen LogP contribution in [0, 0.1) is 18.3 Å². The van der Waals surface area contributed by atoms with Gasteiger partial charge in [-0.2, -0.15) is 5.26 Å². The number of nitriles is 1. The van der Waals surface area contributed by atoms with Gasteiger partial charge in [-0.3, -0.25) is 0 Å². The molecule has 0 aliphatic carbocycles. The maximum Gasteiger partial charge on any atom is 0.356 e. The number of aromatic nitrogens is 1. The highest BCUT2D eigenvalue weighted by Gasteiger charge is 2.06. The van der Waals surface area contributed by atoms with Crippen LogP contribution in [0.15, 0.2) is 16.8 Å². The van der Waals surface area contributed by atoms with Gasteiger partial charge in [0.25, 0.3) is 0 Å². The zero-order valence-corrected chi connectivity index (χ0v) is 9.09. The lowest BCUT2D eigenvalue weighted by Crippen LogP contribution is -2.01. The molecule has 0 amide bonds. The fourth-order valence-corrected chi connectivity index (χ4v) is 1.50. The molecule has 4 nitrogen and oxygen atoms in total. The molecule has 1 heterocycles. The fourth-order valence-electron chi connectivity index (χ4n) is 0.826. The van der Waals surface area contributed by atoms with Crippen molar-refractivity contribution in [1.29, 1.82) is 5.26 Å². The van der Waals surface area contributed by atoms with Crippen molar-refractivity contribution in [3.05, 3.63) is 27.4 Å². The van der Waals surface area contributed by atoms with Crippen LogP contribution in [0.2, 0.25) is 0 Å². The summed E-state index contributed by atoms with van der Waals surface area (Å²) in [5.74, 6) is -0.684. The minimum absolute atomic E-state index is 0.148. The smallest absolute Gasteiger partial charge is 0.356 e. The van der Waals surface area contributed by atoms with Crippen molar-refractivity contribution in [2.75, 3.05) is 7.11 Å². The van der Waals surface area contributed by atoms with Crippen LogP contribution in [-0.2, 0) is 9.53 Å². The largest absolute Gasteiger partial charge is 0.464 e. The topological polar surface area (TPSA) is 63.0 Å². The van der Waals surface area contributed by atoms with Gasteiger partial charge in [0.05, 0.1) is 23.2 Å². The molecule has 0 aliphatic rings. The summed E-state index contributed by atoms with van der Waals surface area (Å²) < 4.78 is 4.41. The summed E-state index contributed by atoms with van der Waals surface area (Å²) in [6.45, 7) is 1.84. The molecule has 0 saturated carbocycles. The molecule has 0 saturated heterocycles. The van der Waals surface area contributed by atoms with E-state index in [-0.39, 0.29) is 5.57 Å². The molecule has 5 heteroatoms. The van der Waals surface area contributed by atoms with Gasteiger partial charge in [-0.15, -0.1) is 11.3 Å². The Morgan fingerprint density at radius 3 is 2.93 bits per heavy atom. The lowest BCUT2D eigenvalue weighted by molar-refractivity contribution is -0.135. The molecule has 1 aromatic rings. The Morgan fingerprint density at radius 2 is 2.47 bits per heavy atom. The number of aryl methyl sites for hydroxylation is 1. The third-order valence-corrected chi connectivity index (χ3v) is 2.51. The standard InChI is InChI=1S/C10H8N2O2S/c1-7-9(15-6-12-7)4-3-8(5-11)10(13)14-2/h4,6H,1-2H3. The van der Waals surface area contributed by atoms with Crippen LogP contribution >= 0.6 is 11.3 Å². The van der Waals surface area contributed by atoms with E-state index in [1.807, 2.05) is 6.92 Å². The van der Waals surface area contributed by atoms with Gasteiger partial charge in [-0.25, -0.2) is 9.78 Å². The summed E-state index contributed by atoms with van der Waals surface area (Å²) in [5.41, 5.74) is 4.97. The number of esters is 1. The van der Waals surface area contributed by atoms with Crippen molar-refractivity contribution in [2.45, 2.75) is 6.92 Å². The molecule has 1 rings (SSSR count). The number of thiazole rings is 1. The Hall–Kier alpha value is -1.89. The predicted molar refractivity (Wildman–Crippen MR) is 56.0 cm³/mol. The molecule has 0 unspecified atom stereocenters. The second-order valence-corrected chi connectivity index (χ2v) is 3.46. The number of methoxy groups -OCH3 is 1. The van der Waals surface area contributed by atoms with E-state index in [9.17, 15) is 4.79 Å². The first-order valence-electron chi connectivity index (χ1n) is 4.04. The molecule has 0 spiro atoms. The van der Waals surface area contributed by atoms with Crippen LogP contribution in [0.25, 0.3) is 6.08 Å². The monoisotopic (exact) mass is 220 g/mol. The second kappa shape index (κ2) is 5.11. The summed E-state index contributed by atoms with van der Waals surface area (Å²) in [6, 6.07) is 1.72. The number of carbonyl (C=O) groups excluding carboxylic acids is 1. The van der Waals surface area contributed by atoms with Gasteiger partial charge in [0.1, 0.15) is 6.07 Å². The Kier molecular flexibility index (Phi) is 3.81. The number of rotatable bonds is 2. The van der Waals surface area contributed by atoms with Crippen LogP contribution < -0.4 is 0 Å². The number of hydrogen-bond donors (Lipinski definition) is 0. The number of hydrogen-bond acceptors (Lipinski definition) is 5. The highest BCUT2D eigenvalue weighted by molar-refractivity contribution is 7.10. The van der Waals surface area contributed by atoms with Crippen LogP contribution in [-0.4, -0.2) is 18.1 Å². The van der Waals surface area contributed by atoms with E-state index >= 15 is 0 Å². The first-order valence-corrected chi connectivity index (χ1v) is 4.92. The van der Waals surface area contributed by atoms with Crippen LogP contribution in [0.1, 0.15) is 10.6 Å². The lowest BCUT2D eigenvalue weighted by atomic mass is 10.3. The van der Waals surface area contributed by atoms with E-state index in [0.29, 0.717) is 0 Å². The molecule has 0 aromatic carbocycles. The van der Waals surface area contributed by atoms with E-state index in [2.05, 4.69) is 15.5 Å². The van der Waals surface area contributed by atoms with Gasteiger partial charge >= 0.3 is 5.97 Å². The zero-order valence-electron chi connectivity index (χ0n) is 8.27. The molecule has 1 aromatic heterocycles. The van der Waals surface area contributed by atoms with Gasteiger partial charge in [0.15, 0.2) is 5.57 Å². The van der Waals surface area contributed by atoms with Gasteiger partial charge in [0, 0.05) is 6.08 Å². The predicted octanol–water partition coefficient (Wildman–Crippen LogP) is 1.69. The minimum Gasteiger partial charge on any atom is -0.464 e. The van der Waals surface area contributed by atoms with Crippen molar-refractivity contribution in [3.8, 4) is 6.07 Å². The molecule has 0 bridgehead atoms. The molecular formula is C10H8N2O2S. The number of nitrogens with zero attached hydrogens (tertiary/aromatic N) is 2. The summed E-state index contributed by atoms with van der Waals surface area (Å²) in [5, 5.41) is 8.64. The highest BCUT2D eigenvalue weighted by atomic mass is 32.1. The number of ether oxygens (including phenoxy) is 1. The maximum atomic E-state index is 11.0. The SMILES string of the molecule is COC(=O)C(=C=Cc1scnc1C)C#N. The Morgan fingerprint density at radius 1 is 1.73 bits per heavy atom. The first-order chi connectivity index (χ1) is 7.19. The average Bonchev–Trinajstić information content (AvgIpc) is 2.65. The quantitative estimate of drug-likeness (QED) is 0.329. The first kappa shape index (κ1) is 11.2. The fraction of sp³-hybridized carbons (Fsp3) is 0.200. The van der Waals surface area contributed by atoms with Gasteiger partial charge in [-0.1, -0.05) is 5.73 Å². The van der Waals surface area contributed by atoms with Crippen molar-refractivity contribution >= 4 is 23.4 Å². The normalized spacial score (nSPS) is 8.60. The summed E-state index contributed by atoms with van der Waals surface area (Å²) in [7, 11) is 1.22.